The van der Waals surface area contributed by atoms with Crippen LogP contribution in [0.15, 0.2) is 24.4 Å². The van der Waals surface area contributed by atoms with Crippen molar-refractivity contribution in [1.29, 1.82) is 0 Å². The average molecular weight is 444 g/mol. The number of esters is 2. The Morgan fingerprint density at radius 3 is 2.14 bits per heavy atom. The Morgan fingerprint density at radius 1 is 0.966 bits per heavy atom. The van der Waals surface area contributed by atoms with Crippen LogP contribution in [0, 0.1) is 0 Å². The lowest BCUT2D eigenvalue weighted by atomic mass is 10.1. The van der Waals surface area contributed by atoms with Crippen LogP contribution in [-0.4, -0.2) is 49.1 Å². The van der Waals surface area contributed by atoms with Crippen LogP contribution in [0.4, 0.5) is 0 Å². The highest BCUT2D eigenvalue weighted by molar-refractivity contribution is 6.33. The molecule has 2 rings (SSSR count). The minimum atomic E-state index is -0.636. The van der Waals surface area contributed by atoms with Gasteiger partial charge in [-0.1, -0.05) is 23.2 Å². The first kappa shape index (κ1) is 22.6. The second-order valence-electron chi connectivity index (χ2n) is 5.50. The van der Waals surface area contributed by atoms with Crippen molar-refractivity contribution in [3.8, 4) is 11.5 Å². The molecule has 8 nitrogen and oxygen atoms in total. The lowest BCUT2D eigenvalue weighted by Crippen LogP contribution is -2.19. The first-order valence-electron chi connectivity index (χ1n) is 8.65. The summed E-state index contributed by atoms with van der Waals surface area (Å²) in [5.41, 5.74) is 0.0591. The number of benzene rings is 1. The van der Waals surface area contributed by atoms with E-state index in [1.54, 1.807) is 13.8 Å². The van der Waals surface area contributed by atoms with Gasteiger partial charge >= 0.3 is 11.9 Å². The van der Waals surface area contributed by atoms with Gasteiger partial charge in [0.25, 0.3) is 0 Å². The smallest absolute Gasteiger partial charge is 0.344 e. The lowest BCUT2D eigenvalue weighted by Gasteiger charge is -2.16. The summed E-state index contributed by atoms with van der Waals surface area (Å²) in [6.45, 7) is 2.76. The SMILES string of the molecule is CCOC(=O)COc1ccc(Cl)c(OCC(=O)OCC)c1C(=O)c1cc(Cl)c[nH]1. The summed E-state index contributed by atoms with van der Waals surface area (Å²) >= 11 is 12.1. The van der Waals surface area contributed by atoms with E-state index in [0.717, 1.165) is 0 Å². The van der Waals surface area contributed by atoms with E-state index in [4.69, 9.17) is 42.1 Å². The molecule has 0 radical (unpaired) electrons. The number of halogens is 2. The predicted octanol–water partition coefficient (Wildman–Crippen LogP) is 3.44. The Balaban J connectivity index is 2.41. The number of hydrogen-bond acceptors (Lipinski definition) is 7. The van der Waals surface area contributed by atoms with Crippen molar-refractivity contribution in [2.24, 2.45) is 0 Å². The third-order valence-corrected chi connectivity index (χ3v) is 4.00. The molecular weight excluding hydrogens is 425 g/mol. The van der Waals surface area contributed by atoms with Crippen molar-refractivity contribution in [3.63, 3.8) is 0 Å². The van der Waals surface area contributed by atoms with Gasteiger partial charge in [0.2, 0.25) is 5.78 Å². The molecule has 1 N–H and O–H groups in total. The van der Waals surface area contributed by atoms with E-state index in [1.807, 2.05) is 0 Å². The van der Waals surface area contributed by atoms with Crippen molar-refractivity contribution >= 4 is 40.9 Å². The topological polar surface area (TPSA) is 104 Å². The van der Waals surface area contributed by atoms with Gasteiger partial charge in [-0.3, -0.25) is 4.79 Å². The fourth-order valence-electron chi connectivity index (χ4n) is 2.32. The lowest BCUT2D eigenvalue weighted by molar-refractivity contribution is -0.146. The molecule has 0 aliphatic rings. The summed E-state index contributed by atoms with van der Waals surface area (Å²) in [7, 11) is 0. The molecule has 0 aliphatic carbocycles. The van der Waals surface area contributed by atoms with Crippen molar-refractivity contribution < 1.29 is 33.3 Å². The summed E-state index contributed by atoms with van der Waals surface area (Å²) < 4.78 is 20.6. The monoisotopic (exact) mass is 443 g/mol. The molecular formula is C19H19Cl2NO7. The van der Waals surface area contributed by atoms with E-state index in [9.17, 15) is 14.4 Å². The second-order valence-corrected chi connectivity index (χ2v) is 6.34. The average Bonchev–Trinajstić information content (AvgIpc) is 3.12. The van der Waals surface area contributed by atoms with Gasteiger partial charge in [-0.25, -0.2) is 9.59 Å². The molecule has 0 fully saturated rings. The Labute approximate surface area is 177 Å². The maximum atomic E-state index is 13.1. The molecule has 10 heteroatoms. The number of aromatic nitrogens is 1. The van der Waals surface area contributed by atoms with Gasteiger partial charge in [0.1, 0.15) is 11.3 Å². The second kappa shape index (κ2) is 10.7. The van der Waals surface area contributed by atoms with E-state index in [0.29, 0.717) is 5.02 Å². The number of H-pyrrole nitrogens is 1. The quantitative estimate of drug-likeness (QED) is 0.442. The first-order valence-corrected chi connectivity index (χ1v) is 9.40. The molecule has 0 bridgehead atoms. The maximum absolute atomic E-state index is 13.1. The molecule has 0 unspecified atom stereocenters. The number of ether oxygens (including phenoxy) is 4. The maximum Gasteiger partial charge on any atom is 0.344 e. The molecule has 0 amide bonds. The van der Waals surface area contributed by atoms with E-state index < -0.39 is 30.9 Å². The van der Waals surface area contributed by atoms with Gasteiger partial charge in [0.05, 0.1) is 29.0 Å². The normalized spacial score (nSPS) is 10.3. The van der Waals surface area contributed by atoms with E-state index in [2.05, 4.69) is 4.98 Å². The summed E-state index contributed by atoms with van der Waals surface area (Å²) in [4.78, 5) is 39.1. The summed E-state index contributed by atoms with van der Waals surface area (Å²) in [5.74, 6) is -1.87. The summed E-state index contributed by atoms with van der Waals surface area (Å²) in [6, 6.07) is 4.24. The van der Waals surface area contributed by atoms with Crippen LogP contribution >= 0.6 is 23.2 Å². The van der Waals surface area contributed by atoms with Crippen LogP contribution in [-0.2, 0) is 19.1 Å². The standard InChI is InChI=1S/C19H19Cl2NO7/c1-3-26-15(23)9-28-14-6-5-12(21)19(29-10-16(24)27-4-2)17(14)18(25)13-7-11(20)8-22-13/h5-8,22H,3-4,9-10H2,1-2H3. The zero-order valence-electron chi connectivity index (χ0n) is 15.8. The molecule has 1 aromatic heterocycles. The molecule has 0 spiro atoms. The highest BCUT2D eigenvalue weighted by Crippen LogP contribution is 2.37. The van der Waals surface area contributed by atoms with Crippen molar-refractivity contribution in [2.45, 2.75) is 13.8 Å². The van der Waals surface area contributed by atoms with E-state index in [-0.39, 0.29) is 41.0 Å². The Hall–Kier alpha value is -2.71. The Bertz CT molecular complexity index is 895. The predicted molar refractivity (Wildman–Crippen MR) is 105 cm³/mol. The van der Waals surface area contributed by atoms with Crippen LogP contribution in [0.25, 0.3) is 0 Å². The Morgan fingerprint density at radius 2 is 1.59 bits per heavy atom. The molecule has 29 heavy (non-hydrogen) atoms. The Kier molecular flexibility index (Phi) is 8.35. The van der Waals surface area contributed by atoms with E-state index in [1.165, 1.54) is 24.4 Å². The van der Waals surface area contributed by atoms with Crippen molar-refractivity contribution in [1.82, 2.24) is 4.98 Å². The third kappa shape index (κ3) is 6.13. The van der Waals surface area contributed by atoms with Crippen LogP contribution in [0.1, 0.15) is 29.9 Å². The summed E-state index contributed by atoms with van der Waals surface area (Å²) in [6.07, 6.45) is 1.43. The molecule has 2 aromatic rings. The summed E-state index contributed by atoms with van der Waals surface area (Å²) in [5, 5.41) is 0.386. The fourth-order valence-corrected chi connectivity index (χ4v) is 2.70. The van der Waals surface area contributed by atoms with Crippen molar-refractivity contribution in [3.05, 3.63) is 45.7 Å². The molecule has 0 saturated heterocycles. The van der Waals surface area contributed by atoms with Gasteiger partial charge in [-0.15, -0.1) is 0 Å². The zero-order chi connectivity index (χ0) is 21.4. The molecule has 0 saturated carbocycles. The molecule has 0 atom stereocenters. The first-order chi connectivity index (χ1) is 13.9. The number of rotatable bonds is 10. The largest absolute Gasteiger partial charge is 0.481 e. The van der Waals surface area contributed by atoms with Crippen molar-refractivity contribution in [2.75, 3.05) is 26.4 Å². The van der Waals surface area contributed by atoms with Crippen LogP contribution in [0.3, 0.4) is 0 Å². The number of ketones is 1. The highest BCUT2D eigenvalue weighted by Gasteiger charge is 2.25. The molecule has 156 valence electrons. The fraction of sp³-hybridized carbons (Fsp3) is 0.316. The van der Waals surface area contributed by atoms with Gasteiger partial charge in [0, 0.05) is 6.20 Å². The van der Waals surface area contributed by atoms with Gasteiger partial charge in [0.15, 0.2) is 19.0 Å². The number of nitrogens with one attached hydrogen (secondary N) is 1. The number of carbonyl (C=O) groups excluding carboxylic acids is 3. The number of carbonyl (C=O) groups is 3. The molecule has 1 heterocycles. The molecule has 1 aromatic carbocycles. The minimum absolute atomic E-state index is 0.0250. The highest BCUT2D eigenvalue weighted by atomic mass is 35.5. The van der Waals surface area contributed by atoms with Crippen LogP contribution in [0.2, 0.25) is 10.0 Å². The van der Waals surface area contributed by atoms with Gasteiger partial charge in [-0.2, -0.15) is 0 Å². The van der Waals surface area contributed by atoms with Crippen LogP contribution in [0.5, 0.6) is 11.5 Å². The minimum Gasteiger partial charge on any atom is -0.481 e. The number of hydrogen-bond donors (Lipinski definition) is 1. The third-order valence-electron chi connectivity index (χ3n) is 3.48. The van der Waals surface area contributed by atoms with Gasteiger partial charge in [-0.05, 0) is 32.0 Å². The van der Waals surface area contributed by atoms with E-state index >= 15 is 0 Å². The number of aromatic amines is 1. The van der Waals surface area contributed by atoms with Gasteiger partial charge < -0.3 is 23.9 Å². The van der Waals surface area contributed by atoms with Crippen LogP contribution < -0.4 is 9.47 Å². The molecule has 0 aliphatic heterocycles. The zero-order valence-corrected chi connectivity index (χ0v) is 17.3.